The van der Waals surface area contributed by atoms with E-state index in [0.717, 1.165) is 11.1 Å². The number of nitrogens with two attached hydrogens (primary N) is 1. The van der Waals surface area contributed by atoms with E-state index in [-0.39, 0.29) is 11.8 Å². The Morgan fingerprint density at radius 3 is 2.69 bits per heavy atom. The van der Waals surface area contributed by atoms with E-state index in [1.807, 2.05) is 19.1 Å². The molecule has 0 radical (unpaired) electrons. The molecule has 1 aromatic rings. The minimum atomic E-state index is -0.154. The number of aromatic hydroxyl groups is 1. The molecule has 0 aliphatic rings. The molecule has 70 valence electrons. The molecule has 1 rings (SSSR count). The zero-order valence-corrected chi connectivity index (χ0v) is 7.83. The summed E-state index contributed by atoms with van der Waals surface area (Å²) in [5, 5.41) is 9.48. The zero-order valence-electron chi connectivity index (χ0n) is 7.83. The van der Waals surface area contributed by atoms with Gasteiger partial charge < -0.3 is 10.8 Å². The molecule has 0 saturated carbocycles. The van der Waals surface area contributed by atoms with Crippen molar-refractivity contribution in [3.05, 3.63) is 42.0 Å². The molecule has 0 aromatic heterocycles. The van der Waals surface area contributed by atoms with Crippen molar-refractivity contribution >= 4 is 0 Å². The summed E-state index contributed by atoms with van der Waals surface area (Å²) < 4.78 is 0. The maximum absolute atomic E-state index is 9.48. The smallest absolute Gasteiger partial charge is 0.120 e. The SMILES string of the molecule is C=C(C)C[C@@H](N)c1ccccc1O. The Morgan fingerprint density at radius 1 is 1.54 bits per heavy atom. The average Bonchev–Trinajstić information content (AvgIpc) is 2.03. The maximum atomic E-state index is 9.48. The summed E-state index contributed by atoms with van der Waals surface area (Å²) in [6, 6.07) is 6.98. The second-order valence-corrected chi connectivity index (χ2v) is 3.33. The van der Waals surface area contributed by atoms with Crippen molar-refractivity contribution in [2.75, 3.05) is 0 Å². The Hall–Kier alpha value is -1.28. The first kappa shape index (κ1) is 9.81. The predicted octanol–water partition coefficient (Wildman–Crippen LogP) is 2.36. The molecule has 0 heterocycles. The van der Waals surface area contributed by atoms with Gasteiger partial charge in [0.05, 0.1) is 0 Å². The molecule has 1 atom stereocenters. The highest BCUT2D eigenvalue weighted by molar-refractivity contribution is 5.34. The molecule has 3 N–H and O–H groups in total. The molecule has 2 nitrogen and oxygen atoms in total. The molecule has 0 unspecified atom stereocenters. The second-order valence-electron chi connectivity index (χ2n) is 3.33. The van der Waals surface area contributed by atoms with Gasteiger partial charge in [-0.3, -0.25) is 0 Å². The molecule has 0 spiro atoms. The largest absolute Gasteiger partial charge is 0.508 e. The molecule has 0 fully saturated rings. The predicted molar refractivity (Wildman–Crippen MR) is 54.5 cm³/mol. The van der Waals surface area contributed by atoms with Crippen molar-refractivity contribution in [3.63, 3.8) is 0 Å². The molecule has 0 aliphatic heterocycles. The monoisotopic (exact) mass is 177 g/mol. The zero-order chi connectivity index (χ0) is 9.84. The third kappa shape index (κ3) is 2.60. The quantitative estimate of drug-likeness (QED) is 0.696. The molecule has 1 aromatic carbocycles. The molecular formula is C11H15NO. The Balaban J connectivity index is 2.82. The van der Waals surface area contributed by atoms with Crippen LogP contribution in [0, 0.1) is 0 Å². The Kier molecular flexibility index (Phi) is 3.09. The van der Waals surface area contributed by atoms with E-state index in [9.17, 15) is 5.11 Å². The first-order valence-corrected chi connectivity index (χ1v) is 4.29. The van der Waals surface area contributed by atoms with Crippen LogP contribution in [-0.2, 0) is 0 Å². The minimum Gasteiger partial charge on any atom is -0.508 e. The first-order valence-electron chi connectivity index (χ1n) is 4.29. The minimum absolute atomic E-state index is 0.154. The van der Waals surface area contributed by atoms with Gasteiger partial charge in [-0.25, -0.2) is 0 Å². The van der Waals surface area contributed by atoms with Crippen LogP contribution < -0.4 is 5.73 Å². The van der Waals surface area contributed by atoms with Crippen LogP contribution in [0.1, 0.15) is 24.9 Å². The van der Waals surface area contributed by atoms with E-state index in [4.69, 9.17) is 5.73 Å². The van der Waals surface area contributed by atoms with Crippen LogP contribution in [0.15, 0.2) is 36.4 Å². The second kappa shape index (κ2) is 4.10. The van der Waals surface area contributed by atoms with Gasteiger partial charge in [0, 0.05) is 11.6 Å². The summed E-state index contributed by atoms with van der Waals surface area (Å²) >= 11 is 0. The van der Waals surface area contributed by atoms with E-state index in [1.54, 1.807) is 12.1 Å². The van der Waals surface area contributed by atoms with E-state index in [2.05, 4.69) is 6.58 Å². The summed E-state index contributed by atoms with van der Waals surface area (Å²) in [5.74, 6) is 0.260. The van der Waals surface area contributed by atoms with Crippen molar-refractivity contribution in [3.8, 4) is 5.75 Å². The fourth-order valence-electron chi connectivity index (χ4n) is 1.29. The number of para-hydroxylation sites is 1. The van der Waals surface area contributed by atoms with Crippen LogP contribution in [0.2, 0.25) is 0 Å². The van der Waals surface area contributed by atoms with Gasteiger partial charge in [-0.1, -0.05) is 23.8 Å². The van der Waals surface area contributed by atoms with Gasteiger partial charge in [0.15, 0.2) is 0 Å². The maximum Gasteiger partial charge on any atom is 0.120 e. The molecule has 13 heavy (non-hydrogen) atoms. The van der Waals surface area contributed by atoms with Crippen molar-refractivity contribution < 1.29 is 5.11 Å². The summed E-state index contributed by atoms with van der Waals surface area (Å²) in [6.45, 7) is 5.72. The topological polar surface area (TPSA) is 46.2 Å². The number of benzene rings is 1. The fraction of sp³-hybridized carbons (Fsp3) is 0.273. The van der Waals surface area contributed by atoms with Crippen LogP contribution in [0.3, 0.4) is 0 Å². The van der Waals surface area contributed by atoms with Gasteiger partial charge >= 0.3 is 0 Å². The van der Waals surface area contributed by atoms with Crippen LogP contribution >= 0.6 is 0 Å². The average molecular weight is 177 g/mol. The molecule has 0 bridgehead atoms. The van der Waals surface area contributed by atoms with E-state index in [1.165, 1.54) is 0 Å². The molecule has 0 saturated heterocycles. The summed E-state index contributed by atoms with van der Waals surface area (Å²) in [7, 11) is 0. The number of hydrogen-bond donors (Lipinski definition) is 2. The van der Waals surface area contributed by atoms with E-state index >= 15 is 0 Å². The van der Waals surface area contributed by atoms with Gasteiger partial charge in [0.2, 0.25) is 0 Å². The summed E-state index contributed by atoms with van der Waals surface area (Å²) in [6.07, 6.45) is 0.706. The lowest BCUT2D eigenvalue weighted by atomic mass is 10.0. The highest BCUT2D eigenvalue weighted by Crippen LogP contribution is 2.25. The molecule has 2 heteroatoms. The van der Waals surface area contributed by atoms with Gasteiger partial charge in [0.25, 0.3) is 0 Å². The van der Waals surface area contributed by atoms with Gasteiger partial charge in [-0.2, -0.15) is 0 Å². The fourth-order valence-corrected chi connectivity index (χ4v) is 1.29. The third-order valence-electron chi connectivity index (χ3n) is 1.90. The highest BCUT2D eigenvalue weighted by atomic mass is 16.3. The first-order chi connectivity index (χ1) is 6.11. The van der Waals surface area contributed by atoms with E-state index < -0.39 is 0 Å². The van der Waals surface area contributed by atoms with Crippen molar-refractivity contribution in [2.24, 2.45) is 5.73 Å². The van der Waals surface area contributed by atoms with Crippen LogP contribution in [0.5, 0.6) is 5.75 Å². The van der Waals surface area contributed by atoms with Crippen LogP contribution in [0.4, 0.5) is 0 Å². The number of rotatable bonds is 3. The summed E-state index contributed by atoms with van der Waals surface area (Å²) in [5.41, 5.74) is 7.68. The molecule has 0 aliphatic carbocycles. The van der Waals surface area contributed by atoms with Crippen molar-refractivity contribution in [1.82, 2.24) is 0 Å². The Labute approximate surface area is 78.7 Å². The number of phenols is 1. The molecular weight excluding hydrogens is 162 g/mol. The number of hydrogen-bond acceptors (Lipinski definition) is 2. The van der Waals surface area contributed by atoms with Crippen LogP contribution in [0.25, 0.3) is 0 Å². The van der Waals surface area contributed by atoms with Gasteiger partial charge in [-0.05, 0) is 19.4 Å². The highest BCUT2D eigenvalue weighted by Gasteiger charge is 2.09. The third-order valence-corrected chi connectivity index (χ3v) is 1.90. The van der Waals surface area contributed by atoms with Gasteiger partial charge in [-0.15, -0.1) is 6.58 Å². The van der Waals surface area contributed by atoms with Crippen molar-refractivity contribution in [2.45, 2.75) is 19.4 Å². The van der Waals surface area contributed by atoms with Gasteiger partial charge in [0.1, 0.15) is 5.75 Å². The lowest BCUT2D eigenvalue weighted by molar-refractivity contribution is 0.461. The van der Waals surface area contributed by atoms with Crippen LogP contribution in [-0.4, -0.2) is 5.11 Å². The Morgan fingerprint density at radius 2 is 2.15 bits per heavy atom. The number of phenolic OH excluding ortho intramolecular Hbond substituents is 1. The molecule has 0 amide bonds. The van der Waals surface area contributed by atoms with Crippen molar-refractivity contribution in [1.29, 1.82) is 0 Å². The lowest BCUT2D eigenvalue weighted by Crippen LogP contribution is -2.10. The standard InChI is InChI=1S/C11H15NO/c1-8(2)7-10(12)9-5-3-4-6-11(9)13/h3-6,10,13H,1,7,12H2,2H3/t10-/m1/s1. The summed E-state index contributed by atoms with van der Waals surface area (Å²) in [4.78, 5) is 0. The normalized spacial score (nSPS) is 12.5. The van der Waals surface area contributed by atoms with E-state index in [0.29, 0.717) is 6.42 Å². The lowest BCUT2D eigenvalue weighted by Gasteiger charge is -2.12. The Bertz CT molecular complexity index is 307.